The molecule has 2 N–H and O–H groups in total. The van der Waals surface area contributed by atoms with Crippen LogP contribution in [-0.4, -0.2) is 36.8 Å². The fourth-order valence-electron chi connectivity index (χ4n) is 4.04. The van der Waals surface area contributed by atoms with Crippen LogP contribution in [0.15, 0.2) is 41.3 Å². The molecule has 1 amide bonds. The molecule has 10 nitrogen and oxygen atoms in total. The first-order chi connectivity index (χ1) is 16.2. The summed E-state index contributed by atoms with van der Waals surface area (Å²) in [5.41, 5.74) is 2.82. The van der Waals surface area contributed by atoms with Gasteiger partial charge in [-0.2, -0.15) is 9.78 Å². The van der Waals surface area contributed by atoms with E-state index in [-0.39, 0.29) is 48.7 Å². The minimum absolute atomic E-state index is 0.0523. The maximum atomic E-state index is 13.2. The van der Waals surface area contributed by atoms with Crippen LogP contribution < -0.4 is 19.5 Å². The molecule has 176 valence electrons. The number of nitrogens with one attached hydrogen (secondary N) is 2. The van der Waals surface area contributed by atoms with E-state index >= 15 is 0 Å². The number of sulfonamides is 1. The zero-order valence-corrected chi connectivity index (χ0v) is 19.4. The standard InChI is InChI=1S/C23H22N4O6S/c1-13-3-5-16(22-14(2)26-27-21(29)8-7-20(28)25-23(22)27)10-19(13)34(30,31)24-11-15-4-6-17-18(9-15)33-12-32-17/h3-6,9-10,24H,7-8,11-12H2,1-2H3,(H,25,28). The van der Waals surface area contributed by atoms with E-state index < -0.39 is 10.0 Å². The van der Waals surface area contributed by atoms with E-state index in [1.807, 2.05) is 0 Å². The monoisotopic (exact) mass is 482 g/mol. The first-order valence-electron chi connectivity index (χ1n) is 10.6. The van der Waals surface area contributed by atoms with Gasteiger partial charge in [-0.15, -0.1) is 0 Å². The zero-order chi connectivity index (χ0) is 24.0. The van der Waals surface area contributed by atoms with Crippen molar-refractivity contribution >= 4 is 27.7 Å². The Labute approximate surface area is 195 Å². The van der Waals surface area contributed by atoms with E-state index in [2.05, 4.69) is 15.1 Å². The Bertz CT molecular complexity index is 1440. The van der Waals surface area contributed by atoms with Crippen molar-refractivity contribution in [3.8, 4) is 22.6 Å². The van der Waals surface area contributed by atoms with Crippen molar-refractivity contribution in [2.75, 3.05) is 12.1 Å². The van der Waals surface area contributed by atoms with Gasteiger partial charge in [-0.3, -0.25) is 9.59 Å². The molecule has 11 heteroatoms. The predicted octanol–water partition coefficient (Wildman–Crippen LogP) is 2.75. The van der Waals surface area contributed by atoms with Crippen LogP contribution in [0.1, 0.15) is 34.5 Å². The van der Waals surface area contributed by atoms with Crippen molar-refractivity contribution in [1.82, 2.24) is 14.5 Å². The van der Waals surface area contributed by atoms with Crippen LogP contribution >= 0.6 is 0 Å². The number of benzene rings is 2. The average Bonchev–Trinajstić information content (AvgIpc) is 3.37. The molecule has 0 fully saturated rings. The predicted molar refractivity (Wildman–Crippen MR) is 122 cm³/mol. The van der Waals surface area contributed by atoms with Gasteiger partial charge in [0, 0.05) is 24.9 Å². The zero-order valence-electron chi connectivity index (χ0n) is 18.5. The molecule has 0 radical (unpaired) electrons. The van der Waals surface area contributed by atoms with Crippen LogP contribution in [0.25, 0.3) is 11.1 Å². The van der Waals surface area contributed by atoms with E-state index in [9.17, 15) is 18.0 Å². The Morgan fingerprint density at radius 1 is 1.06 bits per heavy atom. The fraction of sp³-hybridized carbons (Fsp3) is 0.261. The van der Waals surface area contributed by atoms with E-state index in [1.165, 1.54) is 10.7 Å². The minimum Gasteiger partial charge on any atom is -0.454 e. The van der Waals surface area contributed by atoms with Crippen LogP contribution in [0.3, 0.4) is 0 Å². The smallest absolute Gasteiger partial charge is 0.249 e. The lowest BCUT2D eigenvalue weighted by molar-refractivity contribution is -0.116. The highest BCUT2D eigenvalue weighted by Gasteiger charge is 2.27. The summed E-state index contributed by atoms with van der Waals surface area (Å²) in [5, 5.41) is 7.02. The maximum Gasteiger partial charge on any atom is 0.249 e. The third kappa shape index (κ3) is 3.93. The molecule has 1 aromatic heterocycles. The molecule has 2 aliphatic rings. The first-order valence-corrected chi connectivity index (χ1v) is 12.1. The lowest BCUT2D eigenvalue weighted by atomic mass is 10.0. The molecular weight excluding hydrogens is 460 g/mol. The molecule has 0 saturated heterocycles. The number of nitrogens with zero attached hydrogens (tertiary/aromatic N) is 2. The molecule has 0 spiro atoms. The number of rotatable bonds is 5. The molecule has 3 heterocycles. The highest BCUT2D eigenvalue weighted by atomic mass is 32.2. The maximum absolute atomic E-state index is 13.2. The molecule has 2 aliphatic heterocycles. The summed E-state index contributed by atoms with van der Waals surface area (Å²) in [5.74, 6) is 0.859. The highest BCUT2D eigenvalue weighted by molar-refractivity contribution is 7.89. The van der Waals surface area contributed by atoms with Gasteiger partial charge in [0.25, 0.3) is 0 Å². The SMILES string of the molecule is Cc1ccc(-c2c(C)nn3c2NC(=O)CCC3=O)cc1S(=O)(=O)NCc1ccc2c(c1)OCO2. The summed E-state index contributed by atoms with van der Waals surface area (Å²) in [4.78, 5) is 24.6. The summed E-state index contributed by atoms with van der Waals surface area (Å²) >= 11 is 0. The second-order valence-electron chi connectivity index (χ2n) is 8.16. The molecule has 0 aliphatic carbocycles. The highest BCUT2D eigenvalue weighted by Crippen LogP contribution is 2.35. The van der Waals surface area contributed by atoms with E-state index in [0.717, 1.165) is 5.56 Å². The molecule has 5 rings (SSSR count). The number of fused-ring (bicyclic) bond motifs is 2. The van der Waals surface area contributed by atoms with Gasteiger partial charge in [0.05, 0.1) is 10.6 Å². The summed E-state index contributed by atoms with van der Waals surface area (Å²) in [6, 6.07) is 10.2. The van der Waals surface area contributed by atoms with Crippen molar-refractivity contribution in [2.45, 2.75) is 38.1 Å². The van der Waals surface area contributed by atoms with Gasteiger partial charge in [0.15, 0.2) is 11.5 Å². The number of hydrogen-bond donors (Lipinski definition) is 2. The van der Waals surface area contributed by atoms with Crippen molar-refractivity contribution in [3.05, 3.63) is 53.2 Å². The quantitative estimate of drug-likeness (QED) is 0.572. The second kappa shape index (κ2) is 8.26. The number of amides is 1. The van der Waals surface area contributed by atoms with Crippen molar-refractivity contribution in [2.24, 2.45) is 0 Å². The van der Waals surface area contributed by atoms with Gasteiger partial charge in [0.1, 0.15) is 5.82 Å². The number of carbonyl (C=O) groups excluding carboxylic acids is 2. The third-order valence-corrected chi connectivity index (χ3v) is 7.33. The second-order valence-corrected chi connectivity index (χ2v) is 9.89. The molecular formula is C23H22N4O6S. The van der Waals surface area contributed by atoms with Crippen LogP contribution in [0, 0.1) is 13.8 Å². The third-order valence-electron chi connectivity index (χ3n) is 5.79. The van der Waals surface area contributed by atoms with Crippen LogP contribution in [0.2, 0.25) is 0 Å². The van der Waals surface area contributed by atoms with Gasteiger partial charge in [-0.1, -0.05) is 18.2 Å². The fourth-order valence-corrected chi connectivity index (χ4v) is 5.33. The largest absolute Gasteiger partial charge is 0.454 e. The Morgan fingerprint density at radius 2 is 1.85 bits per heavy atom. The number of aromatic nitrogens is 2. The molecule has 2 aromatic carbocycles. The Hall–Kier alpha value is -3.70. The van der Waals surface area contributed by atoms with Gasteiger partial charge in [-0.25, -0.2) is 13.1 Å². The van der Waals surface area contributed by atoms with Crippen LogP contribution in [-0.2, 0) is 21.4 Å². The van der Waals surface area contributed by atoms with E-state index in [4.69, 9.17) is 9.47 Å². The summed E-state index contributed by atoms with van der Waals surface area (Å²) in [7, 11) is -3.88. The Kier molecular flexibility index (Phi) is 5.37. The van der Waals surface area contributed by atoms with Crippen LogP contribution in [0.4, 0.5) is 5.82 Å². The Morgan fingerprint density at radius 3 is 2.68 bits per heavy atom. The van der Waals surface area contributed by atoms with Crippen LogP contribution in [0.5, 0.6) is 11.5 Å². The van der Waals surface area contributed by atoms with Crippen molar-refractivity contribution in [1.29, 1.82) is 0 Å². The van der Waals surface area contributed by atoms with Gasteiger partial charge < -0.3 is 14.8 Å². The molecule has 0 unspecified atom stereocenters. The van der Waals surface area contributed by atoms with Gasteiger partial charge in [0.2, 0.25) is 28.6 Å². The van der Waals surface area contributed by atoms with E-state index in [1.54, 1.807) is 44.2 Å². The number of carbonyl (C=O) groups is 2. The number of ether oxygens (including phenoxy) is 2. The summed E-state index contributed by atoms with van der Waals surface area (Å²) < 4.78 is 40.9. The molecule has 3 aromatic rings. The molecule has 0 bridgehead atoms. The topological polar surface area (TPSA) is 129 Å². The number of hydrogen-bond acceptors (Lipinski definition) is 7. The van der Waals surface area contributed by atoms with Crippen molar-refractivity contribution < 1.29 is 27.5 Å². The summed E-state index contributed by atoms with van der Waals surface area (Å²) in [6.45, 7) is 3.62. The minimum atomic E-state index is -3.88. The molecule has 0 saturated carbocycles. The number of anilines is 1. The number of aryl methyl sites for hydroxylation is 2. The average molecular weight is 483 g/mol. The first kappa shape index (κ1) is 22.1. The summed E-state index contributed by atoms with van der Waals surface area (Å²) in [6.07, 6.45) is 0.120. The molecule has 34 heavy (non-hydrogen) atoms. The Balaban J connectivity index is 1.48. The van der Waals surface area contributed by atoms with Gasteiger partial charge in [-0.05, 0) is 48.7 Å². The van der Waals surface area contributed by atoms with Gasteiger partial charge >= 0.3 is 0 Å². The van der Waals surface area contributed by atoms with E-state index in [0.29, 0.717) is 33.9 Å². The molecule has 0 atom stereocenters. The lowest BCUT2D eigenvalue weighted by Crippen LogP contribution is -2.24. The normalized spacial score (nSPS) is 15.1. The lowest BCUT2D eigenvalue weighted by Gasteiger charge is -2.13. The van der Waals surface area contributed by atoms with Crippen molar-refractivity contribution in [3.63, 3.8) is 0 Å².